The van der Waals surface area contributed by atoms with E-state index in [9.17, 15) is 9.59 Å². The van der Waals surface area contributed by atoms with Crippen LogP contribution in [0.2, 0.25) is 0 Å². The quantitative estimate of drug-likeness (QED) is 0.611. The van der Waals surface area contributed by atoms with Gasteiger partial charge >= 0.3 is 11.9 Å². The lowest BCUT2D eigenvalue weighted by Crippen LogP contribution is -2.21. The predicted molar refractivity (Wildman–Crippen MR) is 91.6 cm³/mol. The van der Waals surface area contributed by atoms with E-state index in [1.807, 2.05) is 0 Å². The summed E-state index contributed by atoms with van der Waals surface area (Å²) in [6.45, 7) is 0. The standard InChI is InChI=1S/C20H26O4/c1-23-19(21)17-15-11-7-3-5-9-13(15)14-10-6-4-8-12-16(14)18(17)20(22)24-2/h3-12H2,1-2H3. The van der Waals surface area contributed by atoms with Crippen molar-refractivity contribution in [3.8, 4) is 0 Å². The van der Waals surface area contributed by atoms with Gasteiger partial charge in [-0.2, -0.15) is 0 Å². The monoisotopic (exact) mass is 330 g/mol. The van der Waals surface area contributed by atoms with Gasteiger partial charge in [-0.05, 0) is 73.6 Å². The van der Waals surface area contributed by atoms with Gasteiger partial charge in [0.25, 0.3) is 0 Å². The molecular formula is C20H26O4. The Morgan fingerprint density at radius 2 is 0.917 bits per heavy atom. The topological polar surface area (TPSA) is 52.6 Å². The Labute approximate surface area is 143 Å². The molecule has 0 saturated heterocycles. The first-order chi connectivity index (χ1) is 11.7. The van der Waals surface area contributed by atoms with Gasteiger partial charge in [-0.3, -0.25) is 0 Å². The molecule has 3 rings (SSSR count). The molecule has 0 atom stereocenters. The summed E-state index contributed by atoms with van der Waals surface area (Å²) in [5.41, 5.74) is 5.67. The summed E-state index contributed by atoms with van der Waals surface area (Å²) in [5.74, 6) is -0.804. The molecule has 0 amide bonds. The van der Waals surface area contributed by atoms with Crippen LogP contribution in [0.5, 0.6) is 0 Å². The Morgan fingerprint density at radius 3 is 1.25 bits per heavy atom. The molecule has 1 aromatic rings. The minimum Gasteiger partial charge on any atom is -0.465 e. The van der Waals surface area contributed by atoms with Crippen molar-refractivity contribution in [1.82, 2.24) is 0 Å². The van der Waals surface area contributed by atoms with Crippen LogP contribution in [0.25, 0.3) is 0 Å². The van der Waals surface area contributed by atoms with Gasteiger partial charge in [-0.15, -0.1) is 0 Å². The van der Waals surface area contributed by atoms with Gasteiger partial charge in [0.15, 0.2) is 0 Å². The Kier molecular flexibility index (Phi) is 5.22. The average Bonchev–Trinajstić information content (AvgIpc) is 2.99. The maximum atomic E-state index is 12.6. The number of carbonyl (C=O) groups is 2. The van der Waals surface area contributed by atoms with Crippen molar-refractivity contribution < 1.29 is 19.1 Å². The van der Waals surface area contributed by atoms with Gasteiger partial charge in [0.1, 0.15) is 0 Å². The minimum absolute atomic E-state index is 0.402. The van der Waals surface area contributed by atoms with E-state index in [4.69, 9.17) is 9.47 Å². The summed E-state index contributed by atoms with van der Waals surface area (Å²) in [6.07, 6.45) is 10.4. The zero-order chi connectivity index (χ0) is 17.1. The highest BCUT2D eigenvalue weighted by Crippen LogP contribution is 2.37. The van der Waals surface area contributed by atoms with E-state index in [2.05, 4.69) is 0 Å². The number of rotatable bonds is 2. The summed E-state index contributed by atoms with van der Waals surface area (Å²) in [5, 5.41) is 0. The molecule has 0 bridgehead atoms. The third-order valence-corrected chi connectivity index (χ3v) is 5.43. The molecule has 0 N–H and O–H groups in total. The minimum atomic E-state index is -0.402. The lowest BCUT2D eigenvalue weighted by molar-refractivity contribution is 0.0553. The van der Waals surface area contributed by atoms with E-state index >= 15 is 0 Å². The van der Waals surface area contributed by atoms with Crippen LogP contribution in [-0.2, 0) is 35.2 Å². The van der Waals surface area contributed by atoms with Crippen LogP contribution in [0, 0.1) is 0 Å². The molecule has 0 saturated carbocycles. The maximum Gasteiger partial charge on any atom is 0.339 e. The molecular weight excluding hydrogens is 304 g/mol. The molecule has 2 aliphatic rings. The Morgan fingerprint density at radius 1 is 0.583 bits per heavy atom. The molecule has 0 aromatic heterocycles. The fourth-order valence-corrected chi connectivity index (χ4v) is 4.34. The second-order valence-electron chi connectivity index (χ2n) is 6.77. The van der Waals surface area contributed by atoms with Gasteiger partial charge in [0.05, 0.1) is 25.3 Å². The molecule has 0 spiro atoms. The summed E-state index contributed by atoms with van der Waals surface area (Å²) in [4.78, 5) is 25.2. The van der Waals surface area contributed by atoms with Crippen molar-refractivity contribution >= 4 is 11.9 Å². The fourth-order valence-electron chi connectivity index (χ4n) is 4.34. The second kappa shape index (κ2) is 7.37. The summed E-state index contributed by atoms with van der Waals surface area (Å²) < 4.78 is 10.1. The molecule has 1 aromatic carbocycles. The highest BCUT2D eigenvalue weighted by molar-refractivity contribution is 6.06. The highest BCUT2D eigenvalue weighted by Gasteiger charge is 2.32. The van der Waals surface area contributed by atoms with Crippen molar-refractivity contribution in [3.63, 3.8) is 0 Å². The summed E-state index contributed by atoms with van der Waals surface area (Å²) in [6, 6.07) is 0. The third-order valence-electron chi connectivity index (χ3n) is 5.43. The van der Waals surface area contributed by atoms with Crippen LogP contribution in [0.3, 0.4) is 0 Å². The highest BCUT2D eigenvalue weighted by atomic mass is 16.5. The van der Waals surface area contributed by atoms with Crippen LogP contribution in [0.4, 0.5) is 0 Å². The Bertz CT molecular complexity index is 603. The zero-order valence-corrected chi connectivity index (χ0v) is 14.7. The first-order valence-electron chi connectivity index (χ1n) is 9.05. The molecule has 2 aliphatic carbocycles. The molecule has 0 unspecified atom stereocenters. The lowest BCUT2D eigenvalue weighted by atomic mass is 9.82. The van der Waals surface area contributed by atoms with Crippen LogP contribution in [0.15, 0.2) is 0 Å². The molecule has 4 nitrogen and oxygen atoms in total. The number of carbonyl (C=O) groups excluding carboxylic acids is 2. The number of fused-ring (bicyclic) bond motifs is 3. The Hall–Kier alpha value is -1.84. The normalized spacial score (nSPS) is 17.1. The van der Waals surface area contributed by atoms with Gasteiger partial charge < -0.3 is 9.47 Å². The molecule has 0 fully saturated rings. The largest absolute Gasteiger partial charge is 0.465 e. The lowest BCUT2D eigenvalue weighted by Gasteiger charge is -2.23. The number of methoxy groups -OCH3 is 2. The predicted octanol–water partition coefficient (Wildman–Crippen LogP) is 3.80. The van der Waals surface area contributed by atoms with E-state index in [0.29, 0.717) is 11.1 Å². The first kappa shape index (κ1) is 17.0. The molecule has 4 heteroatoms. The van der Waals surface area contributed by atoms with E-state index in [1.165, 1.54) is 25.3 Å². The van der Waals surface area contributed by atoms with Gasteiger partial charge in [-0.1, -0.05) is 12.8 Å². The van der Waals surface area contributed by atoms with Crippen LogP contribution < -0.4 is 0 Å². The second-order valence-corrected chi connectivity index (χ2v) is 6.77. The number of hydrogen-bond acceptors (Lipinski definition) is 4. The van der Waals surface area contributed by atoms with Crippen molar-refractivity contribution in [3.05, 3.63) is 33.4 Å². The zero-order valence-electron chi connectivity index (χ0n) is 14.7. The van der Waals surface area contributed by atoms with Crippen molar-refractivity contribution in [2.24, 2.45) is 0 Å². The number of ether oxygens (including phenoxy) is 2. The smallest absolute Gasteiger partial charge is 0.339 e. The van der Waals surface area contributed by atoms with Crippen LogP contribution in [0.1, 0.15) is 81.5 Å². The SMILES string of the molecule is COC(=O)c1c2c(c3c(c1C(=O)OC)CCCCC3)CCCCC2. The van der Waals surface area contributed by atoms with Crippen LogP contribution in [-0.4, -0.2) is 26.2 Å². The number of hydrogen-bond donors (Lipinski definition) is 0. The van der Waals surface area contributed by atoms with E-state index in [0.717, 1.165) is 75.3 Å². The molecule has 0 heterocycles. The van der Waals surface area contributed by atoms with Crippen LogP contribution >= 0.6 is 0 Å². The van der Waals surface area contributed by atoms with E-state index in [-0.39, 0.29) is 0 Å². The van der Waals surface area contributed by atoms with E-state index in [1.54, 1.807) is 0 Å². The molecule has 130 valence electrons. The number of esters is 2. The Balaban J connectivity index is 2.34. The third kappa shape index (κ3) is 2.94. The maximum absolute atomic E-state index is 12.6. The molecule has 0 radical (unpaired) electrons. The fraction of sp³-hybridized carbons (Fsp3) is 0.600. The van der Waals surface area contributed by atoms with Gasteiger partial charge in [0, 0.05) is 0 Å². The summed E-state index contributed by atoms with van der Waals surface area (Å²) >= 11 is 0. The molecule has 0 aliphatic heterocycles. The average molecular weight is 330 g/mol. The van der Waals surface area contributed by atoms with Gasteiger partial charge in [-0.25, -0.2) is 9.59 Å². The first-order valence-corrected chi connectivity index (χ1v) is 9.05. The molecule has 24 heavy (non-hydrogen) atoms. The van der Waals surface area contributed by atoms with Crippen molar-refractivity contribution in [2.75, 3.05) is 14.2 Å². The van der Waals surface area contributed by atoms with Crippen molar-refractivity contribution in [1.29, 1.82) is 0 Å². The number of benzene rings is 1. The van der Waals surface area contributed by atoms with Gasteiger partial charge in [0.2, 0.25) is 0 Å². The van der Waals surface area contributed by atoms with E-state index < -0.39 is 11.9 Å². The summed E-state index contributed by atoms with van der Waals surface area (Å²) in [7, 11) is 2.77. The van der Waals surface area contributed by atoms with Crippen molar-refractivity contribution in [2.45, 2.75) is 64.2 Å².